The second-order valence-corrected chi connectivity index (χ2v) is 4.72. The molecule has 6 nitrogen and oxygen atoms in total. The summed E-state index contributed by atoms with van der Waals surface area (Å²) in [6.45, 7) is 2.56. The first-order valence-corrected chi connectivity index (χ1v) is 6.88. The van der Waals surface area contributed by atoms with Crippen LogP contribution in [0.15, 0.2) is 24.3 Å². The van der Waals surface area contributed by atoms with Gasteiger partial charge >= 0.3 is 6.18 Å². The van der Waals surface area contributed by atoms with E-state index in [1.165, 1.54) is 18.2 Å². The van der Waals surface area contributed by atoms with Gasteiger partial charge in [0.05, 0.1) is 24.5 Å². The normalized spacial score (nSPS) is 13.1. The Balaban J connectivity index is 2.08. The van der Waals surface area contributed by atoms with Gasteiger partial charge in [0, 0.05) is 7.11 Å². The number of rotatable bonds is 7. The van der Waals surface area contributed by atoms with E-state index in [0.29, 0.717) is 19.0 Å². The number of nitrogens with zero attached hydrogens (tertiary/aromatic N) is 2. The molecule has 1 aromatic carbocycles. The van der Waals surface area contributed by atoms with Gasteiger partial charge in [0.2, 0.25) is 5.95 Å². The zero-order chi connectivity index (χ0) is 16.9. The minimum Gasteiger partial charge on any atom is -0.382 e. The summed E-state index contributed by atoms with van der Waals surface area (Å²) in [5.41, 5.74) is -0.894. The monoisotopic (exact) mass is 330 g/mol. The van der Waals surface area contributed by atoms with Crippen LogP contribution in [0.4, 0.5) is 24.8 Å². The molecule has 0 saturated heterocycles. The Hall–Kier alpha value is -2.13. The number of hydrogen-bond acceptors (Lipinski definition) is 5. The first-order valence-electron chi connectivity index (χ1n) is 6.88. The summed E-state index contributed by atoms with van der Waals surface area (Å²) in [5, 5.41) is 9.07. The Morgan fingerprint density at radius 3 is 2.70 bits per heavy atom. The SMILES string of the molecule is COCCOC(C)c1nc(Nc2ccccc2C(F)(F)F)n[nH]1. The summed E-state index contributed by atoms with van der Waals surface area (Å²) < 4.78 is 49.1. The highest BCUT2D eigenvalue weighted by Crippen LogP contribution is 2.35. The van der Waals surface area contributed by atoms with E-state index in [9.17, 15) is 13.2 Å². The van der Waals surface area contributed by atoms with Crippen molar-refractivity contribution >= 4 is 11.6 Å². The van der Waals surface area contributed by atoms with Crippen molar-refractivity contribution in [2.24, 2.45) is 0 Å². The Morgan fingerprint density at radius 1 is 1.26 bits per heavy atom. The summed E-state index contributed by atoms with van der Waals surface area (Å²) in [6.07, 6.45) is -4.84. The molecule has 2 rings (SSSR count). The highest BCUT2D eigenvalue weighted by atomic mass is 19.4. The predicted molar refractivity (Wildman–Crippen MR) is 77.4 cm³/mol. The van der Waals surface area contributed by atoms with Gasteiger partial charge in [-0.25, -0.2) is 0 Å². The molecule has 0 aliphatic carbocycles. The van der Waals surface area contributed by atoms with Crippen LogP contribution in [-0.2, 0) is 15.7 Å². The van der Waals surface area contributed by atoms with E-state index in [2.05, 4.69) is 20.5 Å². The van der Waals surface area contributed by atoms with Crippen LogP contribution in [0.25, 0.3) is 0 Å². The van der Waals surface area contributed by atoms with E-state index in [1.54, 1.807) is 14.0 Å². The molecule has 0 spiro atoms. The first-order chi connectivity index (χ1) is 10.9. The van der Waals surface area contributed by atoms with E-state index < -0.39 is 11.7 Å². The summed E-state index contributed by atoms with van der Waals surface area (Å²) in [5.74, 6) is 0.451. The Kier molecular flexibility index (Phi) is 5.56. The topological polar surface area (TPSA) is 72.1 Å². The fourth-order valence-corrected chi connectivity index (χ4v) is 1.86. The molecule has 2 aromatic rings. The smallest absolute Gasteiger partial charge is 0.382 e. The molecular formula is C14H17F3N4O2. The molecular weight excluding hydrogens is 313 g/mol. The van der Waals surface area contributed by atoms with Gasteiger partial charge in [0.1, 0.15) is 6.10 Å². The van der Waals surface area contributed by atoms with Crippen molar-refractivity contribution < 1.29 is 22.6 Å². The molecule has 0 aliphatic heterocycles. The van der Waals surface area contributed by atoms with Gasteiger partial charge in [-0.05, 0) is 19.1 Å². The molecule has 2 N–H and O–H groups in total. The third-order valence-corrected chi connectivity index (χ3v) is 3.02. The highest BCUT2D eigenvalue weighted by Gasteiger charge is 2.33. The fraction of sp³-hybridized carbons (Fsp3) is 0.429. The van der Waals surface area contributed by atoms with Crippen molar-refractivity contribution in [3.05, 3.63) is 35.7 Å². The van der Waals surface area contributed by atoms with Gasteiger partial charge in [-0.3, -0.25) is 5.10 Å². The number of methoxy groups -OCH3 is 1. The van der Waals surface area contributed by atoms with Crippen molar-refractivity contribution in [3.63, 3.8) is 0 Å². The molecule has 23 heavy (non-hydrogen) atoms. The lowest BCUT2D eigenvalue weighted by Crippen LogP contribution is -2.09. The average molecular weight is 330 g/mol. The molecule has 0 amide bonds. The minimum atomic E-state index is -4.46. The van der Waals surface area contributed by atoms with Crippen LogP contribution < -0.4 is 5.32 Å². The largest absolute Gasteiger partial charge is 0.418 e. The van der Waals surface area contributed by atoms with Crippen LogP contribution in [0.1, 0.15) is 24.4 Å². The molecule has 0 fully saturated rings. The second kappa shape index (κ2) is 7.42. The molecule has 1 atom stereocenters. The Morgan fingerprint density at radius 2 is 2.00 bits per heavy atom. The number of nitrogens with one attached hydrogen (secondary N) is 2. The highest BCUT2D eigenvalue weighted by molar-refractivity contribution is 5.59. The number of para-hydroxylation sites is 1. The van der Waals surface area contributed by atoms with Crippen molar-refractivity contribution in [2.75, 3.05) is 25.6 Å². The number of anilines is 2. The number of H-pyrrole nitrogens is 1. The van der Waals surface area contributed by atoms with Crippen molar-refractivity contribution in [2.45, 2.75) is 19.2 Å². The molecule has 0 bridgehead atoms. The van der Waals surface area contributed by atoms with Crippen molar-refractivity contribution in [3.8, 4) is 0 Å². The third kappa shape index (κ3) is 4.67. The van der Waals surface area contributed by atoms with E-state index in [-0.39, 0.29) is 17.7 Å². The standard InChI is InChI=1S/C14H17F3N4O2/c1-9(23-8-7-22-2)12-19-13(21-20-12)18-11-6-4-3-5-10(11)14(15,16)17/h3-6,9H,7-8H2,1-2H3,(H2,18,19,20,21). The summed E-state index contributed by atoms with van der Waals surface area (Å²) in [4.78, 5) is 4.10. The number of alkyl halides is 3. The lowest BCUT2D eigenvalue weighted by atomic mass is 10.1. The van der Waals surface area contributed by atoms with Crippen LogP contribution in [0.5, 0.6) is 0 Å². The van der Waals surface area contributed by atoms with Crippen LogP contribution >= 0.6 is 0 Å². The van der Waals surface area contributed by atoms with Gasteiger partial charge in [-0.15, -0.1) is 5.10 Å². The second-order valence-electron chi connectivity index (χ2n) is 4.72. The number of ether oxygens (including phenoxy) is 2. The third-order valence-electron chi connectivity index (χ3n) is 3.02. The van der Waals surface area contributed by atoms with Gasteiger partial charge < -0.3 is 14.8 Å². The summed E-state index contributed by atoms with van der Waals surface area (Å²) in [6, 6.07) is 5.13. The maximum absolute atomic E-state index is 12.9. The number of aromatic nitrogens is 3. The minimum absolute atomic E-state index is 0.0406. The first kappa shape index (κ1) is 17.2. The quantitative estimate of drug-likeness (QED) is 0.762. The number of aromatic amines is 1. The lowest BCUT2D eigenvalue weighted by molar-refractivity contribution is -0.136. The van der Waals surface area contributed by atoms with E-state index in [1.807, 2.05) is 0 Å². The van der Waals surface area contributed by atoms with E-state index in [4.69, 9.17) is 9.47 Å². The van der Waals surface area contributed by atoms with Crippen LogP contribution in [0.3, 0.4) is 0 Å². The molecule has 126 valence electrons. The number of hydrogen-bond donors (Lipinski definition) is 2. The van der Waals surface area contributed by atoms with Crippen LogP contribution in [0.2, 0.25) is 0 Å². The Bertz CT molecular complexity index is 630. The molecule has 1 aromatic heterocycles. The molecule has 0 saturated carbocycles. The zero-order valence-corrected chi connectivity index (χ0v) is 12.6. The average Bonchev–Trinajstić information content (AvgIpc) is 2.95. The molecule has 0 radical (unpaired) electrons. The van der Waals surface area contributed by atoms with Crippen LogP contribution in [0, 0.1) is 0 Å². The van der Waals surface area contributed by atoms with Crippen molar-refractivity contribution in [1.29, 1.82) is 0 Å². The van der Waals surface area contributed by atoms with Gasteiger partial charge in [0.25, 0.3) is 0 Å². The van der Waals surface area contributed by atoms with Gasteiger partial charge in [-0.2, -0.15) is 18.2 Å². The Labute approximate surface area is 131 Å². The van der Waals surface area contributed by atoms with Crippen molar-refractivity contribution in [1.82, 2.24) is 15.2 Å². The molecule has 9 heteroatoms. The summed E-state index contributed by atoms with van der Waals surface area (Å²) >= 11 is 0. The molecule has 1 unspecified atom stereocenters. The molecule has 0 aliphatic rings. The predicted octanol–water partition coefficient (Wildman–Crippen LogP) is 3.29. The number of halogens is 3. The van der Waals surface area contributed by atoms with Gasteiger partial charge in [-0.1, -0.05) is 12.1 Å². The molecule has 1 heterocycles. The number of benzene rings is 1. The lowest BCUT2D eigenvalue weighted by Gasteiger charge is -2.12. The maximum atomic E-state index is 12.9. The fourth-order valence-electron chi connectivity index (χ4n) is 1.86. The summed E-state index contributed by atoms with van der Waals surface area (Å²) in [7, 11) is 1.56. The van der Waals surface area contributed by atoms with Crippen LogP contribution in [-0.4, -0.2) is 35.5 Å². The maximum Gasteiger partial charge on any atom is 0.418 e. The van der Waals surface area contributed by atoms with E-state index >= 15 is 0 Å². The van der Waals surface area contributed by atoms with E-state index in [0.717, 1.165) is 6.07 Å². The van der Waals surface area contributed by atoms with Gasteiger partial charge in [0.15, 0.2) is 5.82 Å². The zero-order valence-electron chi connectivity index (χ0n) is 12.6.